The molecule has 0 aromatic heterocycles. The van der Waals surface area contributed by atoms with Crippen LogP contribution in [-0.2, 0) is 6.54 Å². The molecular weight excluding hydrogens is 208 g/mol. The zero-order chi connectivity index (χ0) is 12.1. The number of hydrogen-bond acceptors (Lipinski definition) is 4. The highest BCUT2D eigenvalue weighted by atomic mass is 16.6. The van der Waals surface area contributed by atoms with E-state index in [9.17, 15) is 10.1 Å². The SMILES string of the molecule is C=CC(C)Oc1ccc([N+](=O)[O-])cc1CN. The van der Waals surface area contributed by atoms with Crippen molar-refractivity contribution >= 4 is 5.69 Å². The number of nitro groups is 1. The molecule has 1 aromatic rings. The fourth-order valence-electron chi connectivity index (χ4n) is 1.20. The van der Waals surface area contributed by atoms with E-state index in [1.165, 1.54) is 12.1 Å². The zero-order valence-electron chi connectivity index (χ0n) is 9.05. The summed E-state index contributed by atoms with van der Waals surface area (Å²) in [4.78, 5) is 10.1. The van der Waals surface area contributed by atoms with Gasteiger partial charge in [-0.2, -0.15) is 0 Å². The summed E-state index contributed by atoms with van der Waals surface area (Å²) < 4.78 is 5.50. The molecule has 0 spiro atoms. The van der Waals surface area contributed by atoms with Crippen LogP contribution in [0.25, 0.3) is 0 Å². The molecule has 0 bridgehead atoms. The smallest absolute Gasteiger partial charge is 0.270 e. The Bertz CT molecular complexity index is 404. The van der Waals surface area contributed by atoms with Crippen molar-refractivity contribution in [2.24, 2.45) is 5.73 Å². The molecular formula is C11H14N2O3. The standard InChI is InChI=1S/C11H14N2O3/c1-3-8(2)16-11-5-4-10(13(14)15)6-9(11)7-12/h3-6,8H,1,7,12H2,2H3. The molecule has 0 aliphatic heterocycles. The van der Waals surface area contributed by atoms with Gasteiger partial charge in [0.2, 0.25) is 0 Å². The van der Waals surface area contributed by atoms with Crippen molar-refractivity contribution in [2.75, 3.05) is 0 Å². The highest BCUT2D eigenvalue weighted by molar-refractivity contribution is 5.43. The third-order valence-corrected chi connectivity index (χ3v) is 2.12. The summed E-state index contributed by atoms with van der Waals surface area (Å²) in [6.45, 7) is 5.62. The first-order chi connectivity index (χ1) is 7.58. The molecule has 0 heterocycles. The minimum absolute atomic E-state index is 0.0130. The van der Waals surface area contributed by atoms with Crippen LogP contribution in [0.4, 0.5) is 5.69 Å². The number of non-ortho nitro benzene ring substituents is 1. The Morgan fingerprint density at radius 2 is 2.38 bits per heavy atom. The Balaban J connectivity index is 3.01. The van der Waals surface area contributed by atoms with Gasteiger partial charge in [-0.3, -0.25) is 10.1 Å². The van der Waals surface area contributed by atoms with Gasteiger partial charge in [-0.1, -0.05) is 12.7 Å². The van der Waals surface area contributed by atoms with Crippen LogP contribution < -0.4 is 10.5 Å². The highest BCUT2D eigenvalue weighted by Crippen LogP contribution is 2.24. The third-order valence-electron chi connectivity index (χ3n) is 2.12. The van der Waals surface area contributed by atoms with E-state index < -0.39 is 4.92 Å². The predicted octanol–water partition coefficient (Wildman–Crippen LogP) is 2.01. The number of nitrogens with zero attached hydrogens (tertiary/aromatic N) is 1. The lowest BCUT2D eigenvalue weighted by Crippen LogP contribution is -2.10. The number of ether oxygens (including phenoxy) is 1. The molecule has 0 saturated carbocycles. The van der Waals surface area contributed by atoms with Crippen LogP contribution in [-0.4, -0.2) is 11.0 Å². The molecule has 5 heteroatoms. The molecule has 1 unspecified atom stereocenters. The largest absolute Gasteiger partial charge is 0.486 e. The number of hydrogen-bond donors (Lipinski definition) is 1. The van der Waals surface area contributed by atoms with E-state index in [1.807, 2.05) is 6.92 Å². The van der Waals surface area contributed by atoms with Gasteiger partial charge >= 0.3 is 0 Å². The molecule has 5 nitrogen and oxygen atoms in total. The Morgan fingerprint density at radius 3 is 2.88 bits per heavy atom. The van der Waals surface area contributed by atoms with E-state index in [4.69, 9.17) is 10.5 Å². The second kappa shape index (κ2) is 5.27. The normalized spacial score (nSPS) is 11.9. The Hall–Kier alpha value is -1.88. The average molecular weight is 222 g/mol. The summed E-state index contributed by atoms with van der Waals surface area (Å²) in [6.07, 6.45) is 1.48. The summed E-state index contributed by atoms with van der Waals surface area (Å²) >= 11 is 0. The quantitative estimate of drug-likeness (QED) is 0.469. The Kier molecular flexibility index (Phi) is 4.02. The minimum atomic E-state index is -0.458. The van der Waals surface area contributed by atoms with Crippen LogP contribution in [0.15, 0.2) is 30.9 Å². The number of rotatable bonds is 5. The van der Waals surface area contributed by atoms with E-state index in [0.717, 1.165) is 0 Å². The van der Waals surface area contributed by atoms with Crippen molar-refractivity contribution in [1.29, 1.82) is 0 Å². The van der Waals surface area contributed by atoms with Gasteiger partial charge in [0.05, 0.1) is 4.92 Å². The monoisotopic (exact) mass is 222 g/mol. The van der Waals surface area contributed by atoms with E-state index in [1.54, 1.807) is 12.1 Å². The second-order valence-electron chi connectivity index (χ2n) is 3.31. The van der Waals surface area contributed by atoms with Crippen LogP contribution in [0, 0.1) is 10.1 Å². The van der Waals surface area contributed by atoms with Crippen molar-refractivity contribution in [1.82, 2.24) is 0 Å². The maximum Gasteiger partial charge on any atom is 0.270 e. The molecule has 2 N–H and O–H groups in total. The van der Waals surface area contributed by atoms with Crippen LogP contribution in [0.3, 0.4) is 0 Å². The fraction of sp³-hybridized carbons (Fsp3) is 0.273. The van der Waals surface area contributed by atoms with Gasteiger partial charge in [0.15, 0.2) is 0 Å². The Morgan fingerprint density at radius 1 is 1.69 bits per heavy atom. The lowest BCUT2D eigenvalue weighted by Gasteiger charge is -2.13. The first-order valence-electron chi connectivity index (χ1n) is 4.85. The number of nitro benzene ring substituents is 1. The van der Waals surface area contributed by atoms with Crippen molar-refractivity contribution in [3.8, 4) is 5.75 Å². The van der Waals surface area contributed by atoms with E-state index in [-0.39, 0.29) is 18.3 Å². The molecule has 1 atom stereocenters. The summed E-state index contributed by atoms with van der Waals surface area (Å²) in [6, 6.07) is 4.37. The summed E-state index contributed by atoms with van der Waals surface area (Å²) in [5.74, 6) is 0.556. The summed E-state index contributed by atoms with van der Waals surface area (Å²) in [5.41, 5.74) is 6.14. The Labute approximate surface area is 93.7 Å². The van der Waals surface area contributed by atoms with Crippen molar-refractivity contribution in [2.45, 2.75) is 19.6 Å². The lowest BCUT2D eigenvalue weighted by molar-refractivity contribution is -0.384. The molecule has 1 rings (SSSR count). The van der Waals surface area contributed by atoms with Gasteiger partial charge in [0.25, 0.3) is 5.69 Å². The topological polar surface area (TPSA) is 78.4 Å². The average Bonchev–Trinajstić information content (AvgIpc) is 2.29. The predicted molar refractivity (Wildman–Crippen MR) is 61.3 cm³/mol. The molecule has 0 fully saturated rings. The number of benzene rings is 1. The van der Waals surface area contributed by atoms with Gasteiger partial charge in [0, 0.05) is 24.2 Å². The summed E-state index contributed by atoms with van der Waals surface area (Å²) in [7, 11) is 0. The van der Waals surface area contributed by atoms with E-state index in [2.05, 4.69) is 6.58 Å². The van der Waals surface area contributed by atoms with Crippen LogP contribution in [0.2, 0.25) is 0 Å². The van der Waals surface area contributed by atoms with Crippen LogP contribution >= 0.6 is 0 Å². The maximum atomic E-state index is 10.6. The molecule has 86 valence electrons. The maximum absolute atomic E-state index is 10.6. The van der Waals surface area contributed by atoms with Crippen molar-refractivity contribution in [3.63, 3.8) is 0 Å². The molecule has 0 aliphatic carbocycles. The van der Waals surface area contributed by atoms with Gasteiger partial charge in [-0.25, -0.2) is 0 Å². The second-order valence-corrected chi connectivity index (χ2v) is 3.31. The zero-order valence-corrected chi connectivity index (χ0v) is 9.05. The molecule has 1 aromatic carbocycles. The fourth-order valence-corrected chi connectivity index (χ4v) is 1.20. The molecule has 0 saturated heterocycles. The van der Waals surface area contributed by atoms with Gasteiger partial charge in [-0.05, 0) is 13.0 Å². The first-order valence-corrected chi connectivity index (χ1v) is 4.85. The number of nitrogens with two attached hydrogens (primary N) is 1. The summed E-state index contributed by atoms with van der Waals surface area (Å²) in [5, 5.41) is 10.6. The molecule has 0 aliphatic rings. The highest BCUT2D eigenvalue weighted by Gasteiger charge is 2.11. The van der Waals surface area contributed by atoms with Crippen LogP contribution in [0.1, 0.15) is 12.5 Å². The lowest BCUT2D eigenvalue weighted by atomic mass is 10.2. The van der Waals surface area contributed by atoms with Gasteiger partial charge < -0.3 is 10.5 Å². The van der Waals surface area contributed by atoms with E-state index in [0.29, 0.717) is 11.3 Å². The van der Waals surface area contributed by atoms with Gasteiger partial charge in [-0.15, -0.1) is 0 Å². The van der Waals surface area contributed by atoms with Crippen LogP contribution in [0.5, 0.6) is 5.75 Å². The molecule has 0 amide bonds. The van der Waals surface area contributed by atoms with Crippen molar-refractivity contribution < 1.29 is 9.66 Å². The molecule has 16 heavy (non-hydrogen) atoms. The minimum Gasteiger partial charge on any atom is -0.486 e. The first kappa shape index (κ1) is 12.2. The van der Waals surface area contributed by atoms with Crippen molar-refractivity contribution in [3.05, 3.63) is 46.5 Å². The molecule has 0 radical (unpaired) electrons. The van der Waals surface area contributed by atoms with Gasteiger partial charge in [0.1, 0.15) is 11.9 Å². The van der Waals surface area contributed by atoms with E-state index >= 15 is 0 Å². The third kappa shape index (κ3) is 2.80.